The number of hydroxylamine groups is 1. The molecule has 1 heterocycles. The molecule has 1 aliphatic rings. The fourth-order valence-corrected chi connectivity index (χ4v) is 0.383. The lowest BCUT2D eigenvalue weighted by atomic mass is 10.7. The van der Waals surface area contributed by atoms with Gasteiger partial charge >= 0.3 is 0 Å². The van der Waals surface area contributed by atoms with Gasteiger partial charge < -0.3 is 0 Å². The highest BCUT2D eigenvalue weighted by Gasteiger charge is 2.00. The van der Waals surface area contributed by atoms with E-state index < -0.39 is 0 Å². The van der Waals surface area contributed by atoms with E-state index in [1.54, 1.807) is 12.3 Å². The number of hydrogen-bond acceptors (Lipinski definition) is 2. The van der Waals surface area contributed by atoms with E-state index in [2.05, 4.69) is 10.3 Å². The maximum Gasteiger partial charge on any atom is 0.178 e. The molecule has 1 N–H and O–H groups in total. The smallest absolute Gasteiger partial charge is 0.178 e. The molecule has 0 aromatic carbocycles. The van der Waals surface area contributed by atoms with E-state index in [0.717, 1.165) is 0 Å². The van der Waals surface area contributed by atoms with Crippen LogP contribution in [0.25, 0.3) is 0 Å². The van der Waals surface area contributed by atoms with Gasteiger partial charge in [-0.1, -0.05) is 11.6 Å². The van der Waals surface area contributed by atoms with Gasteiger partial charge in [-0.3, -0.25) is 10.3 Å². The summed E-state index contributed by atoms with van der Waals surface area (Å²) in [6.45, 7) is 0. The Morgan fingerprint density at radius 3 is 2.83 bits per heavy atom. The molecule has 0 saturated heterocycles. The molecule has 0 saturated carbocycles. The Morgan fingerprint density at radius 1 is 1.83 bits per heavy atom. The van der Waals surface area contributed by atoms with Crippen molar-refractivity contribution in [3.63, 3.8) is 0 Å². The van der Waals surface area contributed by atoms with E-state index in [9.17, 15) is 0 Å². The third kappa shape index (κ3) is 0.640. The van der Waals surface area contributed by atoms with Crippen LogP contribution in [0, 0.1) is 0 Å². The molecule has 0 aromatic heterocycles. The Balaban J connectivity index is 2.38. The summed E-state index contributed by atoms with van der Waals surface area (Å²) >= 11 is 5.34. The predicted molar refractivity (Wildman–Crippen MR) is 23.0 cm³/mol. The van der Waals surface area contributed by atoms with Gasteiger partial charge in [-0.15, -0.1) is 0 Å². The predicted octanol–water partition coefficient (Wildman–Crippen LogP) is 0.600. The number of alkyl halides is 1. The summed E-state index contributed by atoms with van der Waals surface area (Å²) < 4.78 is 0. The molecule has 0 spiro atoms. The van der Waals surface area contributed by atoms with Crippen molar-refractivity contribution in [2.24, 2.45) is 0 Å². The quantitative estimate of drug-likeness (QED) is 0.456. The summed E-state index contributed by atoms with van der Waals surface area (Å²) in [5.41, 5.74) is 2.19. The van der Waals surface area contributed by atoms with Crippen molar-refractivity contribution in [3.8, 4) is 0 Å². The molecule has 1 rings (SSSR count). The van der Waals surface area contributed by atoms with Crippen molar-refractivity contribution in [3.05, 3.63) is 12.3 Å². The average molecular weight is 106 g/mol. The van der Waals surface area contributed by atoms with Gasteiger partial charge in [0.15, 0.2) is 5.56 Å². The zero-order valence-corrected chi connectivity index (χ0v) is 3.77. The highest BCUT2D eigenvalue weighted by atomic mass is 35.5. The topological polar surface area (TPSA) is 21.3 Å². The molecular formula is C3H4ClNO. The molecule has 2 nitrogen and oxygen atoms in total. The van der Waals surface area contributed by atoms with Crippen molar-refractivity contribution < 1.29 is 4.84 Å². The highest BCUT2D eigenvalue weighted by Crippen LogP contribution is 2.01. The summed E-state index contributed by atoms with van der Waals surface area (Å²) in [5, 5.41) is 0. The minimum Gasteiger partial charge on any atom is -0.273 e. The maximum absolute atomic E-state index is 5.34. The van der Waals surface area contributed by atoms with Crippen LogP contribution in [0.15, 0.2) is 12.3 Å². The lowest BCUT2D eigenvalue weighted by Crippen LogP contribution is -2.02. The fraction of sp³-hybridized carbons (Fsp3) is 0.333. The first-order valence-electron chi connectivity index (χ1n) is 1.61. The van der Waals surface area contributed by atoms with Crippen molar-refractivity contribution in [2.75, 3.05) is 0 Å². The molecule has 1 unspecified atom stereocenters. The molecule has 0 amide bonds. The van der Waals surface area contributed by atoms with Crippen LogP contribution < -0.4 is 5.48 Å². The van der Waals surface area contributed by atoms with E-state index in [1.807, 2.05) is 0 Å². The third-order valence-electron chi connectivity index (χ3n) is 0.496. The summed E-state index contributed by atoms with van der Waals surface area (Å²) in [6, 6.07) is 0. The molecule has 0 aromatic rings. The van der Waals surface area contributed by atoms with Crippen molar-refractivity contribution in [1.29, 1.82) is 0 Å². The first-order valence-corrected chi connectivity index (χ1v) is 2.05. The Bertz CT molecular complexity index is 73.2. The molecule has 3 heteroatoms. The summed E-state index contributed by atoms with van der Waals surface area (Å²) in [7, 11) is 0. The summed E-state index contributed by atoms with van der Waals surface area (Å²) in [6.07, 6.45) is 3.36. The second-order valence-electron chi connectivity index (χ2n) is 0.946. The van der Waals surface area contributed by atoms with E-state index in [4.69, 9.17) is 11.6 Å². The lowest BCUT2D eigenvalue weighted by Gasteiger charge is -1.91. The van der Waals surface area contributed by atoms with Crippen LogP contribution in [-0.2, 0) is 4.84 Å². The van der Waals surface area contributed by atoms with Crippen LogP contribution in [0.5, 0.6) is 0 Å². The van der Waals surface area contributed by atoms with Gasteiger partial charge in [0, 0.05) is 6.20 Å². The SMILES string of the molecule is ClC1C=CNO1. The van der Waals surface area contributed by atoms with Gasteiger partial charge in [0.2, 0.25) is 0 Å². The van der Waals surface area contributed by atoms with Crippen LogP contribution in [0.4, 0.5) is 0 Å². The largest absolute Gasteiger partial charge is 0.273 e. The van der Waals surface area contributed by atoms with Gasteiger partial charge in [0.1, 0.15) is 0 Å². The Labute approximate surface area is 40.7 Å². The minimum atomic E-state index is -0.273. The minimum absolute atomic E-state index is 0.273. The second kappa shape index (κ2) is 1.49. The Hall–Kier alpha value is -0.210. The van der Waals surface area contributed by atoms with E-state index in [0.29, 0.717) is 0 Å². The molecule has 34 valence electrons. The summed E-state index contributed by atoms with van der Waals surface area (Å²) in [4.78, 5) is 4.56. The van der Waals surface area contributed by atoms with Crippen molar-refractivity contribution in [2.45, 2.75) is 5.56 Å². The maximum atomic E-state index is 5.34. The lowest BCUT2D eigenvalue weighted by molar-refractivity contribution is 0.0917. The zero-order chi connectivity index (χ0) is 4.41. The molecule has 0 aliphatic carbocycles. The Kier molecular flexibility index (Phi) is 0.986. The van der Waals surface area contributed by atoms with Gasteiger partial charge in [0.05, 0.1) is 0 Å². The molecule has 0 fully saturated rings. The van der Waals surface area contributed by atoms with E-state index >= 15 is 0 Å². The van der Waals surface area contributed by atoms with Gasteiger partial charge in [-0.25, -0.2) is 0 Å². The van der Waals surface area contributed by atoms with E-state index in [1.165, 1.54) is 0 Å². The van der Waals surface area contributed by atoms with Crippen LogP contribution in [0.1, 0.15) is 0 Å². The van der Waals surface area contributed by atoms with Crippen molar-refractivity contribution in [1.82, 2.24) is 5.48 Å². The molecule has 1 aliphatic heterocycles. The van der Waals surface area contributed by atoms with Gasteiger partial charge in [0.25, 0.3) is 0 Å². The standard InChI is InChI=1S/C3H4ClNO/c4-3-1-2-5-6-3/h1-3,5H. The first-order chi connectivity index (χ1) is 2.89. The third-order valence-corrected chi connectivity index (χ3v) is 0.731. The summed E-state index contributed by atoms with van der Waals surface area (Å²) in [5.74, 6) is 0. The van der Waals surface area contributed by atoms with Crippen LogP contribution >= 0.6 is 11.6 Å². The van der Waals surface area contributed by atoms with Crippen LogP contribution in [-0.4, -0.2) is 5.56 Å². The molecule has 6 heavy (non-hydrogen) atoms. The highest BCUT2D eigenvalue weighted by molar-refractivity contribution is 6.20. The average Bonchev–Trinajstić information content (AvgIpc) is 1.86. The number of halogens is 1. The Morgan fingerprint density at radius 2 is 2.67 bits per heavy atom. The van der Waals surface area contributed by atoms with Gasteiger partial charge in [-0.2, -0.15) is 0 Å². The molecule has 1 atom stereocenters. The molecule has 0 bridgehead atoms. The second-order valence-corrected chi connectivity index (χ2v) is 1.38. The van der Waals surface area contributed by atoms with Crippen LogP contribution in [0.2, 0.25) is 0 Å². The molecular weight excluding hydrogens is 101 g/mol. The van der Waals surface area contributed by atoms with Crippen molar-refractivity contribution >= 4 is 11.6 Å². The number of rotatable bonds is 0. The van der Waals surface area contributed by atoms with E-state index in [-0.39, 0.29) is 5.56 Å². The molecule has 0 radical (unpaired) electrons. The fourth-order valence-electron chi connectivity index (χ4n) is 0.259. The first kappa shape index (κ1) is 3.96. The van der Waals surface area contributed by atoms with Crippen LogP contribution in [0.3, 0.4) is 0 Å². The van der Waals surface area contributed by atoms with Gasteiger partial charge in [-0.05, 0) is 6.08 Å². The number of nitrogens with one attached hydrogen (secondary N) is 1. The normalized spacial score (nSPS) is 30.5. The monoisotopic (exact) mass is 105 g/mol. The number of hydrogen-bond donors (Lipinski definition) is 1. The zero-order valence-electron chi connectivity index (χ0n) is 3.02.